The molecule has 2 rings (SSSR count). The number of carbonyl (C=O) groups excluding carboxylic acids is 1. The molecule has 0 unspecified atom stereocenters. The molecule has 0 aliphatic heterocycles. The quantitative estimate of drug-likeness (QED) is 0.693. The Balaban J connectivity index is 2.36. The monoisotopic (exact) mass is 340 g/mol. The molecule has 0 saturated carbocycles. The van der Waals surface area contributed by atoms with Gasteiger partial charge in [-0.05, 0) is 34.1 Å². The molecule has 6 heteroatoms. The molecule has 0 aliphatic rings. The number of ketones is 1. The van der Waals surface area contributed by atoms with E-state index in [4.69, 9.17) is 23.2 Å². The number of halogens is 3. The van der Waals surface area contributed by atoms with Gasteiger partial charge in [-0.15, -0.1) is 22.7 Å². The van der Waals surface area contributed by atoms with Gasteiger partial charge in [-0.1, -0.05) is 23.2 Å². The summed E-state index contributed by atoms with van der Waals surface area (Å²) >= 11 is 17.5. The van der Waals surface area contributed by atoms with Crippen LogP contribution in [0.2, 0.25) is 9.36 Å². The summed E-state index contributed by atoms with van der Waals surface area (Å²) in [6.45, 7) is 0. The summed E-state index contributed by atoms with van der Waals surface area (Å²) in [5, 5.41) is 0.561. The zero-order chi connectivity index (χ0) is 11.0. The fourth-order valence-electron chi connectivity index (χ4n) is 1.02. The van der Waals surface area contributed by atoms with Gasteiger partial charge in [-0.3, -0.25) is 4.79 Å². The molecular formula is C9H3BrCl2OS2. The highest BCUT2D eigenvalue weighted by molar-refractivity contribution is 9.11. The molecule has 0 fully saturated rings. The van der Waals surface area contributed by atoms with Crippen LogP contribution in [0.25, 0.3) is 0 Å². The van der Waals surface area contributed by atoms with Gasteiger partial charge >= 0.3 is 0 Å². The second kappa shape index (κ2) is 4.55. The summed E-state index contributed by atoms with van der Waals surface area (Å²) in [7, 11) is 0. The maximum Gasteiger partial charge on any atom is 0.213 e. The first kappa shape index (κ1) is 11.6. The van der Waals surface area contributed by atoms with Crippen LogP contribution in [0.5, 0.6) is 0 Å². The Labute approximate surface area is 113 Å². The molecule has 1 nitrogen and oxygen atoms in total. The largest absolute Gasteiger partial charge is 0.287 e. The molecule has 0 aliphatic carbocycles. The molecule has 0 amide bonds. The molecule has 0 atom stereocenters. The Kier molecular flexibility index (Phi) is 3.52. The first-order valence-electron chi connectivity index (χ1n) is 3.83. The molecule has 0 radical (unpaired) electrons. The third-order valence-corrected chi connectivity index (χ3v) is 5.37. The van der Waals surface area contributed by atoms with E-state index in [9.17, 15) is 4.79 Å². The standard InChI is InChI=1S/C9H3BrCl2OS2/c10-9-4(11)3-6(15-9)8(13)5-1-2-7(12)14-5/h1-3H. The normalized spacial score (nSPS) is 10.6. The maximum atomic E-state index is 11.9. The minimum Gasteiger partial charge on any atom is -0.287 e. The van der Waals surface area contributed by atoms with Crippen molar-refractivity contribution in [2.45, 2.75) is 0 Å². The van der Waals surface area contributed by atoms with Crippen molar-refractivity contribution in [3.05, 3.63) is 41.1 Å². The van der Waals surface area contributed by atoms with E-state index in [0.717, 1.165) is 3.79 Å². The first-order valence-corrected chi connectivity index (χ1v) is 7.01. The van der Waals surface area contributed by atoms with Crippen LogP contribution >= 0.6 is 61.8 Å². The van der Waals surface area contributed by atoms with Gasteiger partial charge in [0.25, 0.3) is 0 Å². The maximum absolute atomic E-state index is 11.9. The van der Waals surface area contributed by atoms with Crippen molar-refractivity contribution in [1.29, 1.82) is 0 Å². The molecule has 0 bridgehead atoms. The second-order valence-electron chi connectivity index (χ2n) is 2.67. The lowest BCUT2D eigenvalue weighted by molar-refractivity contribution is 0.104. The van der Waals surface area contributed by atoms with Gasteiger partial charge in [0.2, 0.25) is 5.78 Å². The molecule has 78 valence electrons. The van der Waals surface area contributed by atoms with E-state index in [0.29, 0.717) is 19.1 Å². The van der Waals surface area contributed by atoms with Gasteiger partial charge in [0, 0.05) is 0 Å². The van der Waals surface area contributed by atoms with E-state index in [1.165, 1.54) is 22.7 Å². The molecule has 15 heavy (non-hydrogen) atoms. The molecule has 0 spiro atoms. The summed E-state index contributed by atoms with van der Waals surface area (Å²) < 4.78 is 1.38. The lowest BCUT2D eigenvalue weighted by Crippen LogP contribution is -1.93. The van der Waals surface area contributed by atoms with Crippen molar-refractivity contribution >= 4 is 67.6 Å². The van der Waals surface area contributed by atoms with Gasteiger partial charge in [0.05, 0.1) is 22.9 Å². The SMILES string of the molecule is O=C(c1ccc(Cl)s1)c1cc(Cl)c(Br)s1. The fourth-order valence-corrected chi connectivity index (χ4v) is 3.73. The Bertz CT molecular complexity index is 498. The van der Waals surface area contributed by atoms with Crippen LogP contribution in [0.15, 0.2) is 22.0 Å². The second-order valence-corrected chi connectivity index (χ2v) is 7.16. The molecule has 2 aromatic rings. The van der Waals surface area contributed by atoms with Gasteiger partial charge in [-0.2, -0.15) is 0 Å². The van der Waals surface area contributed by atoms with Crippen LogP contribution in [-0.4, -0.2) is 5.78 Å². The summed E-state index contributed by atoms with van der Waals surface area (Å²) in [6, 6.07) is 5.09. The van der Waals surface area contributed by atoms with Crippen molar-refractivity contribution in [3.63, 3.8) is 0 Å². The highest BCUT2D eigenvalue weighted by Crippen LogP contribution is 2.34. The average Bonchev–Trinajstić information content (AvgIpc) is 2.74. The summed E-state index contributed by atoms with van der Waals surface area (Å²) in [4.78, 5) is 13.2. The van der Waals surface area contributed by atoms with Crippen molar-refractivity contribution < 1.29 is 4.79 Å². The van der Waals surface area contributed by atoms with Crippen LogP contribution in [0.3, 0.4) is 0 Å². The predicted octanol–water partition coefficient (Wildman–Crippen LogP) is 5.11. The lowest BCUT2D eigenvalue weighted by atomic mass is 10.3. The van der Waals surface area contributed by atoms with Crippen molar-refractivity contribution in [2.75, 3.05) is 0 Å². The highest BCUT2D eigenvalue weighted by Gasteiger charge is 2.15. The third-order valence-electron chi connectivity index (χ3n) is 1.67. The first-order chi connectivity index (χ1) is 7.08. The van der Waals surface area contributed by atoms with E-state index >= 15 is 0 Å². The molecule has 0 aromatic carbocycles. The number of thiophene rings is 2. The van der Waals surface area contributed by atoms with Gasteiger partial charge in [-0.25, -0.2) is 0 Å². The lowest BCUT2D eigenvalue weighted by Gasteiger charge is -1.90. The van der Waals surface area contributed by atoms with Gasteiger partial charge < -0.3 is 0 Å². The molecular weight excluding hydrogens is 339 g/mol. The zero-order valence-electron chi connectivity index (χ0n) is 7.09. The van der Waals surface area contributed by atoms with E-state index in [2.05, 4.69) is 15.9 Å². The van der Waals surface area contributed by atoms with Crippen LogP contribution < -0.4 is 0 Å². The van der Waals surface area contributed by atoms with Crippen LogP contribution in [-0.2, 0) is 0 Å². The topological polar surface area (TPSA) is 17.1 Å². The van der Waals surface area contributed by atoms with Gasteiger partial charge in [0.15, 0.2) is 0 Å². The van der Waals surface area contributed by atoms with Crippen LogP contribution in [0.4, 0.5) is 0 Å². The Morgan fingerprint density at radius 3 is 2.40 bits per heavy atom. The van der Waals surface area contributed by atoms with E-state index < -0.39 is 0 Å². The summed E-state index contributed by atoms with van der Waals surface area (Å²) in [5.74, 6) is -0.0375. The molecule has 2 heterocycles. The average molecular weight is 342 g/mol. The Morgan fingerprint density at radius 1 is 1.20 bits per heavy atom. The number of hydrogen-bond acceptors (Lipinski definition) is 3. The predicted molar refractivity (Wildman–Crippen MR) is 69.8 cm³/mol. The van der Waals surface area contributed by atoms with Crippen molar-refractivity contribution in [2.24, 2.45) is 0 Å². The highest BCUT2D eigenvalue weighted by atomic mass is 79.9. The van der Waals surface area contributed by atoms with E-state index in [1.807, 2.05) is 0 Å². The zero-order valence-corrected chi connectivity index (χ0v) is 11.8. The van der Waals surface area contributed by atoms with Gasteiger partial charge in [0.1, 0.15) is 0 Å². The summed E-state index contributed by atoms with van der Waals surface area (Å²) in [6.07, 6.45) is 0. The van der Waals surface area contributed by atoms with Crippen molar-refractivity contribution in [1.82, 2.24) is 0 Å². The Hall–Kier alpha value is 0.130. The molecule has 0 saturated heterocycles. The van der Waals surface area contributed by atoms with Crippen LogP contribution in [0.1, 0.15) is 14.5 Å². The molecule has 0 N–H and O–H groups in total. The fraction of sp³-hybridized carbons (Fsp3) is 0. The van der Waals surface area contributed by atoms with E-state index in [1.54, 1.807) is 18.2 Å². The third kappa shape index (κ3) is 2.45. The minimum atomic E-state index is -0.0375. The number of rotatable bonds is 2. The Morgan fingerprint density at radius 2 is 1.93 bits per heavy atom. The molecule has 2 aromatic heterocycles. The smallest absolute Gasteiger partial charge is 0.213 e. The number of carbonyl (C=O) groups is 1. The van der Waals surface area contributed by atoms with Crippen LogP contribution in [0, 0.1) is 0 Å². The summed E-state index contributed by atoms with van der Waals surface area (Å²) in [5.41, 5.74) is 0. The number of hydrogen-bond donors (Lipinski definition) is 0. The van der Waals surface area contributed by atoms with Crippen molar-refractivity contribution in [3.8, 4) is 0 Å². The van der Waals surface area contributed by atoms with E-state index in [-0.39, 0.29) is 5.78 Å². The minimum absolute atomic E-state index is 0.0375.